The molecule has 1 aromatic heterocycles. The second-order valence-electron chi connectivity index (χ2n) is 5.22. The van der Waals surface area contributed by atoms with Gasteiger partial charge in [0.05, 0.1) is 12.1 Å². The van der Waals surface area contributed by atoms with Crippen LogP contribution in [-0.4, -0.2) is 21.5 Å². The average molecular weight is 300 g/mol. The van der Waals surface area contributed by atoms with E-state index in [1.165, 1.54) is 0 Å². The summed E-state index contributed by atoms with van der Waals surface area (Å²) in [5.74, 6) is 0.171. The van der Waals surface area contributed by atoms with Gasteiger partial charge in [-0.15, -0.1) is 0 Å². The van der Waals surface area contributed by atoms with Crippen LogP contribution in [0.2, 0.25) is 0 Å². The monoisotopic (exact) mass is 300 g/mol. The number of ether oxygens (including phenoxy) is 1. The summed E-state index contributed by atoms with van der Waals surface area (Å²) >= 11 is 0. The van der Waals surface area contributed by atoms with Gasteiger partial charge in [0.25, 0.3) is 0 Å². The molecule has 116 valence electrons. The summed E-state index contributed by atoms with van der Waals surface area (Å²) in [6.45, 7) is 5.61. The van der Waals surface area contributed by atoms with Gasteiger partial charge in [-0.25, -0.2) is 0 Å². The van der Waals surface area contributed by atoms with E-state index in [-0.39, 0.29) is 18.2 Å². The largest absolute Gasteiger partial charge is 0.426 e. The first-order chi connectivity index (χ1) is 10.4. The SMILES string of the molecule is CCC(=O)c1ccc(OC(=O)Cc2c(C)nn(C)c2C)cc1. The fraction of sp³-hybridized carbons (Fsp3) is 0.353. The van der Waals surface area contributed by atoms with Crippen molar-refractivity contribution >= 4 is 11.8 Å². The van der Waals surface area contributed by atoms with Gasteiger partial charge in [-0.1, -0.05) is 6.92 Å². The summed E-state index contributed by atoms with van der Waals surface area (Å²) in [5.41, 5.74) is 3.31. The molecule has 0 aliphatic heterocycles. The van der Waals surface area contributed by atoms with E-state index >= 15 is 0 Å². The Hall–Kier alpha value is -2.43. The lowest BCUT2D eigenvalue weighted by Gasteiger charge is -2.06. The lowest BCUT2D eigenvalue weighted by molar-refractivity contribution is -0.133. The Morgan fingerprint density at radius 2 is 1.82 bits per heavy atom. The summed E-state index contributed by atoms with van der Waals surface area (Å²) in [6.07, 6.45) is 0.639. The predicted molar refractivity (Wildman–Crippen MR) is 83.1 cm³/mol. The Morgan fingerprint density at radius 1 is 1.18 bits per heavy atom. The van der Waals surface area contributed by atoms with Gasteiger partial charge in [0, 0.05) is 30.3 Å². The number of ketones is 1. The van der Waals surface area contributed by atoms with Crippen LogP contribution in [0.1, 0.15) is 40.7 Å². The number of benzene rings is 1. The number of hydrogen-bond acceptors (Lipinski definition) is 4. The van der Waals surface area contributed by atoms with Crippen molar-refractivity contribution in [1.82, 2.24) is 9.78 Å². The second-order valence-corrected chi connectivity index (χ2v) is 5.22. The minimum atomic E-state index is -0.339. The van der Waals surface area contributed by atoms with Crippen molar-refractivity contribution in [1.29, 1.82) is 0 Å². The normalized spacial score (nSPS) is 10.5. The number of rotatable bonds is 5. The molecule has 5 nitrogen and oxygen atoms in total. The molecular formula is C17H20N2O3. The zero-order valence-electron chi connectivity index (χ0n) is 13.3. The molecule has 0 radical (unpaired) electrons. The number of carbonyl (C=O) groups is 2. The van der Waals surface area contributed by atoms with Crippen LogP contribution in [0.15, 0.2) is 24.3 Å². The first kappa shape index (κ1) is 15.9. The average Bonchev–Trinajstić information content (AvgIpc) is 2.73. The first-order valence-corrected chi connectivity index (χ1v) is 7.25. The summed E-state index contributed by atoms with van der Waals surface area (Å²) in [5, 5.41) is 4.28. The molecule has 0 fully saturated rings. The quantitative estimate of drug-likeness (QED) is 0.484. The van der Waals surface area contributed by atoms with E-state index in [1.807, 2.05) is 27.8 Å². The second kappa shape index (κ2) is 6.56. The molecule has 0 aliphatic rings. The zero-order chi connectivity index (χ0) is 16.3. The molecule has 2 aromatic rings. The van der Waals surface area contributed by atoms with Crippen molar-refractivity contribution in [3.8, 4) is 5.75 Å². The lowest BCUT2D eigenvalue weighted by atomic mass is 10.1. The van der Waals surface area contributed by atoms with Gasteiger partial charge >= 0.3 is 5.97 Å². The van der Waals surface area contributed by atoms with Gasteiger partial charge < -0.3 is 4.74 Å². The van der Waals surface area contributed by atoms with Crippen molar-refractivity contribution in [2.24, 2.45) is 7.05 Å². The Bertz CT molecular complexity index is 699. The standard InChI is InChI=1S/C17H20N2O3/c1-5-16(20)13-6-8-14(9-7-13)22-17(21)10-15-11(2)18-19(4)12(15)3/h6-9H,5,10H2,1-4H3. The molecule has 0 saturated carbocycles. The van der Waals surface area contributed by atoms with Crippen LogP contribution in [0.3, 0.4) is 0 Å². The van der Waals surface area contributed by atoms with Crippen LogP contribution in [0.4, 0.5) is 0 Å². The van der Waals surface area contributed by atoms with Crippen molar-refractivity contribution in [2.45, 2.75) is 33.6 Å². The first-order valence-electron chi connectivity index (χ1n) is 7.25. The molecular weight excluding hydrogens is 280 g/mol. The van der Waals surface area contributed by atoms with Crippen LogP contribution in [0.5, 0.6) is 5.75 Å². The molecule has 1 aromatic carbocycles. The van der Waals surface area contributed by atoms with Gasteiger partial charge in [-0.05, 0) is 38.1 Å². The highest BCUT2D eigenvalue weighted by Crippen LogP contribution is 2.17. The third-order valence-corrected chi connectivity index (χ3v) is 3.71. The topological polar surface area (TPSA) is 61.2 Å². The molecule has 2 rings (SSSR count). The molecule has 0 spiro atoms. The fourth-order valence-electron chi connectivity index (χ4n) is 2.30. The molecule has 22 heavy (non-hydrogen) atoms. The summed E-state index contributed by atoms with van der Waals surface area (Å²) in [6, 6.07) is 6.64. The number of carbonyl (C=O) groups excluding carboxylic acids is 2. The van der Waals surface area contributed by atoms with Gasteiger partial charge in [0.15, 0.2) is 5.78 Å². The third kappa shape index (κ3) is 3.42. The molecule has 5 heteroatoms. The molecule has 1 heterocycles. The number of aromatic nitrogens is 2. The maximum atomic E-state index is 12.0. The van der Waals surface area contributed by atoms with E-state index in [4.69, 9.17) is 4.74 Å². The number of esters is 1. The fourth-order valence-corrected chi connectivity index (χ4v) is 2.30. The minimum Gasteiger partial charge on any atom is -0.426 e. The summed E-state index contributed by atoms with van der Waals surface area (Å²) in [7, 11) is 1.85. The van der Waals surface area contributed by atoms with E-state index in [0.29, 0.717) is 17.7 Å². The number of nitrogens with zero attached hydrogens (tertiary/aromatic N) is 2. The van der Waals surface area contributed by atoms with Crippen molar-refractivity contribution in [3.63, 3.8) is 0 Å². The zero-order valence-corrected chi connectivity index (χ0v) is 13.3. The summed E-state index contributed by atoms with van der Waals surface area (Å²) in [4.78, 5) is 23.6. The summed E-state index contributed by atoms with van der Waals surface area (Å²) < 4.78 is 7.07. The van der Waals surface area contributed by atoms with E-state index < -0.39 is 0 Å². The lowest BCUT2D eigenvalue weighted by Crippen LogP contribution is -2.12. The number of Topliss-reactive ketones (excluding diaryl/α,β-unsaturated/α-hetero) is 1. The molecule has 0 N–H and O–H groups in total. The molecule has 0 bridgehead atoms. The molecule has 0 unspecified atom stereocenters. The molecule has 0 atom stereocenters. The predicted octanol–water partition coefficient (Wildman–Crippen LogP) is 2.78. The molecule has 0 amide bonds. The van der Waals surface area contributed by atoms with Crippen LogP contribution in [-0.2, 0) is 18.3 Å². The van der Waals surface area contributed by atoms with E-state index in [2.05, 4.69) is 5.10 Å². The maximum Gasteiger partial charge on any atom is 0.315 e. The van der Waals surface area contributed by atoms with Gasteiger partial charge in [-0.2, -0.15) is 5.10 Å². The molecule has 0 aliphatic carbocycles. The van der Waals surface area contributed by atoms with Gasteiger partial charge in [-0.3, -0.25) is 14.3 Å². The van der Waals surface area contributed by atoms with Crippen LogP contribution < -0.4 is 4.74 Å². The number of aryl methyl sites for hydroxylation is 2. The van der Waals surface area contributed by atoms with Crippen LogP contribution in [0.25, 0.3) is 0 Å². The maximum absolute atomic E-state index is 12.0. The van der Waals surface area contributed by atoms with E-state index in [0.717, 1.165) is 17.0 Å². The number of hydrogen-bond donors (Lipinski definition) is 0. The van der Waals surface area contributed by atoms with E-state index in [1.54, 1.807) is 28.9 Å². The molecule has 0 saturated heterocycles. The minimum absolute atomic E-state index is 0.0690. The highest BCUT2D eigenvalue weighted by atomic mass is 16.5. The van der Waals surface area contributed by atoms with Gasteiger partial charge in [0.1, 0.15) is 5.75 Å². The highest BCUT2D eigenvalue weighted by Gasteiger charge is 2.15. The van der Waals surface area contributed by atoms with Crippen LogP contribution in [0, 0.1) is 13.8 Å². The smallest absolute Gasteiger partial charge is 0.315 e. The Morgan fingerprint density at radius 3 is 2.32 bits per heavy atom. The van der Waals surface area contributed by atoms with E-state index in [9.17, 15) is 9.59 Å². The van der Waals surface area contributed by atoms with Crippen molar-refractivity contribution in [2.75, 3.05) is 0 Å². The Balaban J connectivity index is 2.04. The third-order valence-electron chi connectivity index (χ3n) is 3.71. The Kier molecular flexibility index (Phi) is 4.75. The highest BCUT2D eigenvalue weighted by molar-refractivity contribution is 5.95. The van der Waals surface area contributed by atoms with Crippen molar-refractivity contribution in [3.05, 3.63) is 46.8 Å². The van der Waals surface area contributed by atoms with Crippen molar-refractivity contribution < 1.29 is 14.3 Å². The Labute approximate surface area is 129 Å². The van der Waals surface area contributed by atoms with Gasteiger partial charge in [0.2, 0.25) is 0 Å². The van der Waals surface area contributed by atoms with Crippen LogP contribution >= 0.6 is 0 Å².